The van der Waals surface area contributed by atoms with Gasteiger partial charge in [0.15, 0.2) is 0 Å². The largest absolute Gasteiger partial charge is 0.379 e. The number of nitrogens with zero attached hydrogens (tertiary/aromatic N) is 3. The molecular weight excluding hydrogens is 378 g/mol. The van der Waals surface area contributed by atoms with E-state index in [0.29, 0.717) is 39.3 Å². The lowest BCUT2D eigenvalue weighted by Crippen LogP contribution is -2.61. The summed E-state index contributed by atoms with van der Waals surface area (Å²) in [5.74, 6) is -0.0152. The molecule has 2 aliphatic rings. The van der Waals surface area contributed by atoms with Crippen LogP contribution in [0.4, 0.5) is 0 Å². The average Bonchev–Trinajstić information content (AvgIpc) is 2.68. The summed E-state index contributed by atoms with van der Waals surface area (Å²) in [5, 5.41) is 0. The number of hydrogen-bond acceptors (Lipinski definition) is 5. The molecule has 8 heteroatoms. The van der Waals surface area contributed by atoms with Gasteiger partial charge in [0.05, 0.1) is 24.7 Å². The highest BCUT2D eigenvalue weighted by Crippen LogP contribution is 2.28. The first-order chi connectivity index (χ1) is 13.3. The Balaban J connectivity index is 1.83. The van der Waals surface area contributed by atoms with Crippen molar-refractivity contribution in [3.05, 3.63) is 29.8 Å². The molecule has 7 nitrogen and oxygen atoms in total. The zero-order chi connectivity index (χ0) is 20.3. The van der Waals surface area contributed by atoms with Crippen LogP contribution >= 0.6 is 0 Å². The second kappa shape index (κ2) is 8.90. The molecule has 1 amide bonds. The summed E-state index contributed by atoms with van der Waals surface area (Å²) in [7, 11) is -3.67. The lowest BCUT2D eigenvalue weighted by molar-refractivity contribution is -0.142. The van der Waals surface area contributed by atoms with E-state index in [-0.39, 0.29) is 16.7 Å². The van der Waals surface area contributed by atoms with Crippen LogP contribution in [-0.4, -0.2) is 80.5 Å². The van der Waals surface area contributed by atoms with Gasteiger partial charge in [-0.15, -0.1) is 0 Å². The van der Waals surface area contributed by atoms with Crippen molar-refractivity contribution in [1.82, 2.24) is 14.1 Å². The van der Waals surface area contributed by atoms with Crippen molar-refractivity contribution in [2.75, 3.05) is 45.9 Å². The van der Waals surface area contributed by atoms with E-state index in [1.165, 1.54) is 4.31 Å². The minimum Gasteiger partial charge on any atom is -0.379 e. The third-order valence-electron chi connectivity index (χ3n) is 5.40. The van der Waals surface area contributed by atoms with Gasteiger partial charge >= 0.3 is 0 Å². The molecule has 1 aromatic rings. The summed E-state index contributed by atoms with van der Waals surface area (Å²) < 4.78 is 33.5. The van der Waals surface area contributed by atoms with Crippen LogP contribution in [-0.2, 0) is 19.6 Å². The first-order valence-electron chi connectivity index (χ1n) is 9.99. The summed E-state index contributed by atoms with van der Waals surface area (Å²) in [4.78, 5) is 17.2. The quantitative estimate of drug-likeness (QED) is 0.738. The maximum absolute atomic E-state index is 13.3. The number of aryl methyl sites for hydroxylation is 1. The smallest absolute Gasteiger partial charge is 0.244 e. The molecule has 1 atom stereocenters. The van der Waals surface area contributed by atoms with Gasteiger partial charge in [-0.25, -0.2) is 8.42 Å². The highest BCUT2D eigenvalue weighted by molar-refractivity contribution is 7.89. The van der Waals surface area contributed by atoms with Gasteiger partial charge in [-0.1, -0.05) is 31.5 Å². The highest BCUT2D eigenvalue weighted by Gasteiger charge is 2.41. The molecule has 0 aliphatic carbocycles. The van der Waals surface area contributed by atoms with Crippen LogP contribution in [0.1, 0.15) is 25.8 Å². The molecule has 0 radical (unpaired) electrons. The number of sulfonamides is 1. The summed E-state index contributed by atoms with van der Waals surface area (Å²) in [6.45, 7) is 9.95. The van der Waals surface area contributed by atoms with Crippen LogP contribution in [0.15, 0.2) is 29.2 Å². The van der Waals surface area contributed by atoms with Gasteiger partial charge in [0.25, 0.3) is 0 Å². The molecule has 0 N–H and O–H groups in total. The Morgan fingerprint density at radius 3 is 2.36 bits per heavy atom. The maximum Gasteiger partial charge on any atom is 0.244 e. The fourth-order valence-electron chi connectivity index (χ4n) is 3.93. The standard InChI is InChI=1S/C20H31N3O4S/c1-16(2)20-22(19(24)15-21-11-13-27-14-12-21)9-4-10-23(20)28(25,26)18-7-5-17(3)6-8-18/h5-8,16,20H,4,9-15H2,1-3H3/t20-/m1/s1. The van der Waals surface area contributed by atoms with E-state index in [2.05, 4.69) is 4.90 Å². The van der Waals surface area contributed by atoms with Crippen LogP contribution < -0.4 is 0 Å². The Morgan fingerprint density at radius 1 is 1.11 bits per heavy atom. The molecule has 1 aromatic carbocycles. The van der Waals surface area contributed by atoms with Crippen LogP contribution in [0, 0.1) is 12.8 Å². The van der Waals surface area contributed by atoms with E-state index in [0.717, 1.165) is 18.7 Å². The van der Waals surface area contributed by atoms with Crippen molar-refractivity contribution in [1.29, 1.82) is 0 Å². The Hall–Kier alpha value is -1.48. The number of carbonyl (C=O) groups excluding carboxylic acids is 1. The molecule has 0 spiro atoms. The van der Waals surface area contributed by atoms with E-state index in [1.807, 2.05) is 32.9 Å². The molecule has 0 bridgehead atoms. The number of amides is 1. The van der Waals surface area contributed by atoms with Crippen LogP contribution in [0.3, 0.4) is 0 Å². The Kier molecular flexibility index (Phi) is 6.75. The Bertz CT molecular complexity index is 773. The first kappa shape index (κ1) is 21.2. The van der Waals surface area contributed by atoms with Crippen molar-refractivity contribution in [3.63, 3.8) is 0 Å². The molecule has 2 saturated heterocycles. The van der Waals surface area contributed by atoms with Crippen LogP contribution in [0.2, 0.25) is 0 Å². The third-order valence-corrected chi connectivity index (χ3v) is 7.28. The van der Waals surface area contributed by atoms with Gasteiger partial charge in [-0.05, 0) is 31.4 Å². The van der Waals surface area contributed by atoms with Crippen molar-refractivity contribution in [2.24, 2.45) is 5.92 Å². The van der Waals surface area contributed by atoms with Crippen LogP contribution in [0.25, 0.3) is 0 Å². The molecule has 0 unspecified atom stereocenters. The maximum atomic E-state index is 13.3. The number of hydrogen-bond donors (Lipinski definition) is 0. The number of carbonyl (C=O) groups is 1. The fourth-order valence-corrected chi connectivity index (χ4v) is 5.69. The minimum atomic E-state index is -3.67. The topological polar surface area (TPSA) is 70.2 Å². The molecular formula is C20H31N3O4S. The highest BCUT2D eigenvalue weighted by atomic mass is 32.2. The molecule has 2 aliphatic heterocycles. The summed E-state index contributed by atoms with van der Waals surface area (Å²) in [5.41, 5.74) is 1.01. The monoisotopic (exact) mass is 409 g/mol. The number of morpholine rings is 1. The molecule has 2 heterocycles. The second-order valence-electron chi connectivity index (χ2n) is 7.92. The molecule has 3 rings (SSSR count). The zero-order valence-corrected chi connectivity index (χ0v) is 17.8. The number of rotatable bonds is 5. The normalized spacial score (nSPS) is 22.6. The Morgan fingerprint density at radius 2 is 1.75 bits per heavy atom. The van der Waals surface area contributed by atoms with Crippen molar-refractivity contribution < 1.29 is 17.9 Å². The van der Waals surface area contributed by atoms with Gasteiger partial charge < -0.3 is 9.64 Å². The lowest BCUT2D eigenvalue weighted by Gasteiger charge is -2.45. The van der Waals surface area contributed by atoms with Gasteiger partial charge in [0.2, 0.25) is 15.9 Å². The molecule has 0 aromatic heterocycles. The molecule has 156 valence electrons. The number of ether oxygens (including phenoxy) is 1. The lowest BCUT2D eigenvalue weighted by atomic mass is 10.1. The van der Waals surface area contributed by atoms with E-state index < -0.39 is 16.2 Å². The summed E-state index contributed by atoms with van der Waals surface area (Å²) in [6.07, 6.45) is 0.178. The van der Waals surface area contributed by atoms with Gasteiger partial charge in [-0.2, -0.15) is 4.31 Å². The van der Waals surface area contributed by atoms with E-state index in [1.54, 1.807) is 17.0 Å². The molecule has 0 saturated carbocycles. The SMILES string of the molecule is Cc1ccc(S(=O)(=O)N2CCCN(C(=O)CN3CCOCC3)[C@H]2C(C)C)cc1. The third kappa shape index (κ3) is 4.56. The van der Waals surface area contributed by atoms with E-state index in [9.17, 15) is 13.2 Å². The van der Waals surface area contributed by atoms with Gasteiger partial charge in [-0.3, -0.25) is 9.69 Å². The molecule has 2 fully saturated rings. The number of benzene rings is 1. The molecule has 28 heavy (non-hydrogen) atoms. The fraction of sp³-hybridized carbons (Fsp3) is 0.650. The van der Waals surface area contributed by atoms with Gasteiger partial charge in [0.1, 0.15) is 6.17 Å². The van der Waals surface area contributed by atoms with Crippen molar-refractivity contribution in [2.45, 2.75) is 38.3 Å². The van der Waals surface area contributed by atoms with Crippen LogP contribution in [0.5, 0.6) is 0 Å². The predicted octanol–water partition coefficient (Wildman–Crippen LogP) is 1.53. The minimum absolute atomic E-state index is 0.00541. The van der Waals surface area contributed by atoms with Crippen molar-refractivity contribution >= 4 is 15.9 Å². The average molecular weight is 410 g/mol. The van der Waals surface area contributed by atoms with Crippen molar-refractivity contribution in [3.8, 4) is 0 Å². The summed E-state index contributed by atoms with van der Waals surface area (Å²) >= 11 is 0. The van der Waals surface area contributed by atoms with E-state index in [4.69, 9.17) is 4.74 Å². The first-order valence-corrected chi connectivity index (χ1v) is 11.4. The summed E-state index contributed by atoms with van der Waals surface area (Å²) in [6, 6.07) is 6.91. The van der Waals surface area contributed by atoms with E-state index >= 15 is 0 Å². The zero-order valence-electron chi connectivity index (χ0n) is 17.0. The van der Waals surface area contributed by atoms with Gasteiger partial charge in [0, 0.05) is 26.2 Å². The predicted molar refractivity (Wildman–Crippen MR) is 107 cm³/mol. The second-order valence-corrected chi connectivity index (χ2v) is 9.81. The Labute approximate surface area is 168 Å².